The molecule has 0 bridgehead atoms. The molecule has 1 atom stereocenters. The quantitative estimate of drug-likeness (QED) is 0.732. The highest BCUT2D eigenvalue weighted by molar-refractivity contribution is 7.17. The first-order valence-electron chi connectivity index (χ1n) is 8.08. The molecule has 140 valence electrons. The smallest absolute Gasteiger partial charge is 0.303 e. The third-order valence-corrected chi connectivity index (χ3v) is 5.01. The van der Waals surface area contributed by atoms with E-state index in [1.807, 2.05) is 12.1 Å². The summed E-state index contributed by atoms with van der Waals surface area (Å²) in [5.74, 6) is 0.0846. The fourth-order valence-corrected chi connectivity index (χ4v) is 3.37. The molecule has 1 amide bonds. The molecule has 2 rings (SSSR count). The van der Waals surface area contributed by atoms with Crippen LogP contribution in [0.2, 0.25) is 0 Å². The maximum absolute atomic E-state index is 12.5. The number of nitrogens with zero attached hydrogens (tertiary/aromatic N) is 1. The normalized spacial score (nSPS) is 11.7. The van der Waals surface area contributed by atoms with Gasteiger partial charge in [-0.1, -0.05) is 0 Å². The largest absolute Gasteiger partial charge is 0.493 e. The molecule has 1 unspecified atom stereocenters. The number of carboxylic acid groups (broad SMARTS) is 1. The van der Waals surface area contributed by atoms with Crippen molar-refractivity contribution in [3.63, 3.8) is 0 Å². The summed E-state index contributed by atoms with van der Waals surface area (Å²) in [5.41, 5.74) is 1.46. The van der Waals surface area contributed by atoms with Gasteiger partial charge in [0.1, 0.15) is 9.88 Å². The van der Waals surface area contributed by atoms with Crippen molar-refractivity contribution in [2.45, 2.75) is 32.7 Å². The van der Waals surface area contributed by atoms with Crippen LogP contribution in [0.25, 0.3) is 10.6 Å². The number of carbonyl (C=O) groups is 2. The molecule has 2 aromatic rings. The van der Waals surface area contributed by atoms with E-state index in [-0.39, 0.29) is 18.4 Å². The molecular weight excluding hydrogens is 356 g/mol. The average Bonchev–Trinajstić information content (AvgIpc) is 3.01. The zero-order valence-electron chi connectivity index (χ0n) is 15.2. The first-order valence-corrected chi connectivity index (χ1v) is 8.89. The molecule has 2 N–H and O–H groups in total. The van der Waals surface area contributed by atoms with E-state index in [2.05, 4.69) is 10.3 Å². The molecule has 1 aromatic heterocycles. The Morgan fingerprint density at radius 1 is 1.27 bits per heavy atom. The molecule has 0 radical (unpaired) electrons. The van der Waals surface area contributed by atoms with E-state index in [0.29, 0.717) is 33.5 Å². The maximum atomic E-state index is 12.5. The molecule has 0 saturated heterocycles. The van der Waals surface area contributed by atoms with Gasteiger partial charge in [-0.25, -0.2) is 4.98 Å². The third kappa shape index (κ3) is 4.72. The number of hydrogen-bond donors (Lipinski definition) is 2. The Labute approximate surface area is 156 Å². The molecule has 0 aliphatic heterocycles. The Hall–Kier alpha value is -2.61. The molecule has 1 aromatic carbocycles. The van der Waals surface area contributed by atoms with Crippen LogP contribution in [0, 0.1) is 6.92 Å². The third-order valence-electron chi connectivity index (χ3n) is 3.80. The predicted octanol–water partition coefficient (Wildman–Crippen LogP) is 3.12. The summed E-state index contributed by atoms with van der Waals surface area (Å²) in [6.45, 7) is 3.56. The van der Waals surface area contributed by atoms with E-state index < -0.39 is 5.97 Å². The van der Waals surface area contributed by atoms with Gasteiger partial charge in [-0.2, -0.15) is 0 Å². The van der Waals surface area contributed by atoms with Crippen LogP contribution < -0.4 is 14.8 Å². The van der Waals surface area contributed by atoms with Crippen molar-refractivity contribution >= 4 is 23.2 Å². The minimum atomic E-state index is -0.879. The second-order valence-electron chi connectivity index (χ2n) is 5.81. The van der Waals surface area contributed by atoms with Crippen molar-refractivity contribution in [2.24, 2.45) is 0 Å². The number of aryl methyl sites for hydroxylation is 1. The lowest BCUT2D eigenvalue weighted by Crippen LogP contribution is -2.32. The lowest BCUT2D eigenvalue weighted by Gasteiger charge is -2.11. The number of ether oxygens (including phenoxy) is 2. The molecule has 1 heterocycles. The zero-order chi connectivity index (χ0) is 19.3. The van der Waals surface area contributed by atoms with Crippen LogP contribution in [0.4, 0.5) is 0 Å². The van der Waals surface area contributed by atoms with Gasteiger partial charge in [-0.3, -0.25) is 9.59 Å². The van der Waals surface area contributed by atoms with Gasteiger partial charge >= 0.3 is 5.97 Å². The van der Waals surface area contributed by atoms with E-state index in [0.717, 1.165) is 5.56 Å². The number of carboxylic acids is 1. The van der Waals surface area contributed by atoms with Gasteiger partial charge in [0, 0.05) is 18.0 Å². The Bertz CT molecular complexity index is 803. The molecule has 7 nitrogen and oxygen atoms in total. The van der Waals surface area contributed by atoms with Gasteiger partial charge in [0.25, 0.3) is 5.91 Å². The SMILES string of the molecule is COc1ccc(-c2nc(C)c(C(=O)NC(C)CCC(=O)O)s2)cc1OC. The number of aliphatic carboxylic acids is 1. The first-order chi connectivity index (χ1) is 12.3. The van der Waals surface area contributed by atoms with Crippen molar-refractivity contribution in [1.29, 1.82) is 0 Å². The minimum Gasteiger partial charge on any atom is -0.493 e. The number of carbonyl (C=O) groups excluding carboxylic acids is 1. The summed E-state index contributed by atoms with van der Waals surface area (Å²) in [4.78, 5) is 28.1. The van der Waals surface area contributed by atoms with Crippen LogP contribution in [-0.4, -0.2) is 42.2 Å². The maximum Gasteiger partial charge on any atom is 0.303 e. The predicted molar refractivity (Wildman–Crippen MR) is 99.2 cm³/mol. The van der Waals surface area contributed by atoms with E-state index in [4.69, 9.17) is 14.6 Å². The molecular formula is C18H22N2O5S. The summed E-state index contributed by atoms with van der Waals surface area (Å²) in [7, 11) is 3.13. The number of benzene rings is 1. The first kappa shape index (κ1) is 19.7. The number of nitrogens with one attached hydrogen (secondary N) is 1. The Kier molecular flexibility index (Phi) is 6.57. The fourth-order valence-electron chi connectivity index (χ4n) is 2.40. The van der Waals surface area contributed by atoms with E-state index in [1.54, 1.807) is 34.1 Å². The minimum absolute atomic E-state index is 0.0139. The molecule has 8 heteroatoms. The van der Waals surface area contributed by atoms with Gasteiger partial charge in [-0.15, -0.1) is 11.3 Å². The van der Waals surface area contributed by atoms with Crippen molar-refractivity contribution in [1.82, 2.24) is 10.3 Å². The van der Waals surface area contributed by atoms with Crippen LogP contribution in [0.3, 0.4) is 0 Å². The molecule has 0 spiro atoms. The van der Waals surface area contributed by atoms with Crippen molar-refractivity contribution < 1.29 is 24.2 Å². The lowest BCUT2D eigenvalue weighted by atomic mass is 10.2. The van der Waals surface area contributed by atoms with Crippen molar-refractivity contribution in [3.8, 4) is 22.1 Å². The number of hydrogen-bond acceptors (Lipinski definition) is 6. The number of rotatable bonds is 8. The molecule has 0 saturated carbocycles. The molecule has 26 heavy (non-hydrogen) atoms. The van der Waals surface area contributed by atoms with Gasteiger partial charge in [0.05, 0.1) is 19.9 Å². The Morgan fingerprint density at radius 2 is 1.96 bits per heavy atom. The van der Waals surface area contributed by atoms with Crippen molar-refractivity contribution in [2.75, 3.05) is 14.2 Å². The highest BCUT2D eigenvalue weighted by Crippen LogP contribution is 2.35. The van der Waals surface area contributed by atoms with Gasteiger partial charge < -0.3 is 19.9 Å². The molecule has 0 aliphatic rings. The summed E-state index contributed by atoms with van der Waals surface area (Å²) in [6.07, 6.45) is 0.390. The van der Waals surface area contributed by atoms with Gasteiger partial charge in [-0.05, 0) is 38.5 Å². The monoisotopic (exact) mass is 378 g/mol. The number of thiazole rings is 1. The average molecular weight is 378 g/mol. The standard InChI is InChI=1S/C18H22N2O5S/c1-10(5-8-15(21)22)19-17(23)16-11(2)20-18(26-16)12-6-7-13(24-3)14(9-12)25-4/h6-7,9-10H,5,8H2,1-4H3,(H,19,23)(H,21,22). The Balaban J connectivity index is 2.18. The number of methoxy groups -OCH3 is 2. The summed E-state index contributed by atoms with van der Waals surface area (Å²) < 4.78 is 10.5. The second-order valence-corrected chi connectivity index (χ2v) is 6.81. The van der Waals surface area contributed by atoms with Crippen LogP contribution in [0.1, 0.15) is 35.1 Å². The highest BCUT2D eigenvalue weighted by atomic mass is 32.1. The van der Waals surface area contributed by atoms with E-state index in [9.17, 15) is 9.59 Å². The Morgan fingerprint density at radius 3 is 2.58 bits per heavy atom. The van der Waals surface area contributed by atoms with Gasteiger partial charge in [0.15, 0.2) is 11.5 Å². The van der Waals surface area contributed by atoms with Gasteiger partial charge in [0.2, 0.25) is 0 Å². The van der Waals surface area contributed by atoms with Crippen molar-refractivity contribution in [3.05, 3.63) is 28.8 Å². The van der Waals surface area contributed by atoms with Crippen LogP contribution >= 0.6 is 11.3 Å². The second kappa shape index (κ2) is 8.66. The molecule has 0 aliphatic carbocycles. The summed E-state index contributed by atoms with van der Waals surface area (Å²) in [5, 5.41) is 12.2. The summed E-state index contributed by atoms with van der Waals surface area (Å²) in [6, 6.07) is 5.23. The highest BCUT2D eigenvalue weighted by Gasteiger charge is 2.19. The number of amides is 1. The van der Waals surface area contributed by atoms with E-state index >= 15 is 0 Å². The number of aromatic nitrogens is 1. The topological polar surface area (TPSA) is 97.8 Å². The van der Waals surface area contributed by atoms with E-state index in [1.165, 1.54) is 11.3 Å². The van der Waals surface area contributed by atoms with Crippen LogP contribution in [0.15, 0.2) is 18.2 Å². The van der Waals surface area contributed by atoms with Crippen LogP contribution in [-0.2, 0) is 4.79 Å². The lowest BCUT2D eigenvalue weighted by molar-refractivity contribution is -0.137. The zero-order valence-corrected chi connectivity index (χ0v) is 16.0. The van der Waals surface area contributed by atoms with Crippen LogP contribution in [0.5, 0.6) is 11.5 Å². The molecule has 0 fully saturated rings. The fraction of sp³-hybridized carbons (Fsp3) is 0.389. The summed E-state index contributed by atoms with van der Waals surface area (Å²) >= 11 is 1.28.